The lowest BCUT2D eigenvalue weighted by Gasteiger charge is -2.38. The third kappa shape index (κ3) is 0.891. The number of fused-ring (bicyclic) bond motifs is 3. The summed E-state index contributed by atoms with van der Waals surface area (Å²) in [6.07, 6.45) is 5.11. The maximum Gasteiger partial charge on any atom is 0.0166 e. The largest absolute Gasteiger partial charge is 0.299 e. The van der Waals surface area contributed by atoms with Gasteiger partial charge in [0, 0.05) is 19.6 Å². The Morgan fingerprint density at radius 2 is 2.60 bits per heavy atom. The molecule has 0 spiro atoms. The predicted molar refractivity (Wildman–Crippen MR) is 42.9 cm³/mol. The van der Waals surface area contributed by atoms with Crippen LogP contribution in [0, 0.1) is 5.92 Å². The Hall–Kier alpha value is -0.300. The van der Waals surface area contributed by atoms with E-state index in [9.17, 15) is 0 Å². The first-order valence-electron chi connectivity index (χ1n) is 4.31. The van der Waals surface area contributed by atoms with Crippen molar-refractivity contribution in [3.05, 3.63) is 11.6 Å². The second kappa shape index (κ2) is 2.39. The van der Waals surface area contributed by atoms with Gasteiger partial charge < -0.3 is 0 Å². The van der Waals surface area contributed by atoms with Crippen molar-refractivity contribution in [1.29, 1.82) is 0 Å². The highest BCUT2D eigenvalue weighted by Crippen LogP contribution is 2.29. The quantitative estimate of drug-likeness (QED) is 0.497. The van der Waals surface area contributed by atoms with Gasteiger partial charge >= 0.3 is 0 Å². The number of piperidine rings is 1. The summed E-state index contributed by atoms with van der Waals surface area (Å²) in [5.41, 5.74) is 1.74. The molecule has 1 nitrogen and oxygen atoms in total. The van der Waals surface area contributed by atoms with Crippen molar-refractivity contribution in [3.8, 4) is 0 Å². The molecular weight excluding hydrogens is 122 g/mol. The number of hydrogen-bond acceptors (Lipinski definition) is 1. The molecule has 3 aliphatic heterocycles. The first-order chi connectivity index (χ1) is 4.90. The number of hydrogen-bond donors (Lipinski definition) is 0. The van der Waals surface area contributed by atoms with Gasteiger partial charge in [0.2, 0.25) is 0 Å². The Labute approximate surface area is 62.7 Å². The lowest BCUT2D eigenvalue weighted by atomic mass is 9.86. The average molecular weight is 137 g/mol. The van der Waals surface area contributed by atoms with Gasteiger partial charge in [-0.2, -0.15) is 0 Å². The summed E-state index contributed by atoms with van der Waals surface area (Å²) in [7, 11) is 0. The molecule has 0 N–H and O–H groups in total. The van der Waals surface area contributed by atoms with Crippen LogP contribution in [0.4, 0.5) is 0 Å². The van der Waals surface area contributed by atoms with Crippen molar-refractivity contribution in [2.75, 3.05) is 19.6 Å². The molecule has 3 heterocycles. The van der Waals surface area contributed by atoms with E-state index in [0.717, 1.165) is 5.92 Å². The van der Waals surface area contributed by atoms with Gasteiger partial charge in [-0.25, -0.2) is 0 Å². The van der Waals surface area contributed by atoms with Crippen molar-refractivity contribution in [2.45, 2.75) is 19.8 Å². The minimum atomic E-state index is 0.905. The van der Waals surface area contributed by atoms with E-state index in [0.29, 0.717) is 0 Å². The molecule has 0 aromatic rings. The molecule has 0 saturated carbocycles. The highest BCUT2D eigenvalue weighted by Gasteiger charge is 2.25. The summed E-state index contributed by atoms with van der Waals surface area (Å²) in [4.78, 5) is 2.56. The van der Waals surface area contributed by atoms with E-state index in [1.165, 1.54) is 32.5 Å². The van der Waals surface area contributed by atoms with Crippen LogP contribution in [0.1, 0.15) is 19.8 Å². The third-order valence-corrected chi connectivity index (χ3v) is 2.82. The summed E-state index contributed by atoms with van der Waals surface area (Å²) in [6.45, 7) is 6.18. The zero-order chi connectivity index (χ0) is 6.97. The molecule has 0 aliphatic carbocycles. The van der Waals surface area contributed by atoms with Crippen LogP contribution in [0.25, 0.3) is 0 Å². The van der Waals surface area contributed by atoms with Gasteiger partial charge in [0.25, 0.3) is 0 Å². The van der Waals surface area contributed by atoms with Crippen molar-refractivity contribution >= 4 is 0 Å². The van der Waals surface area contributed by atoms with E-state index in [-0.39, 0.29) is 0 Å². The number of rotatable bonds is 1. The van der Waals surface area contributed by atoms with Gasteiger partial charge in [-0.15, -0.1) is 0 Å². The van der Waals surface area contributed by atoms with Gasteiger partial charge in [0.1, 0.15) is 0 Å². The van der Waals surface area contributed by atoms with Crippen LogP contribution in [0.15, 0.2) is 11.6 Å². The minimum absolute atomic E-state index is 0.905. The van der Waals surface area contributed by atoms with E-state index in [2.05, 4.69) is 17.9 Å². The van der Waals surface area contributed by atoms with Gasteiger partial charge in [-0.1, -0.05) is 18.6 Å². The highest BCUT2D eigenvalue weighted by atomic mass is 15.1. The molecule has 0 aromatic heterocycles. The second-order valence-corrected chi connectivity index (χ2v) is 3.39. The molecule has 0 amide bonds. The van der Waals surface area contributed by atoms with Crippen LogP contribution in [-0.2, 0) is 0 Å². The molecule has 2 bridgehead atoms. The van der Waals surface area contributed by atoms with Crippen molar-refractivity contribution in [1.82, 2.24) is 4.90 Å². The first-order valence-corrected chi connectivity index (χ1v) is 4.31. The normalized spacial score (nSPS) is 37.9. The summed E-state index contributed by atoms with van der Waals surface area (Å²) >= 11 is 0. The summed E-state index contributed by atoms with van der Waals surface area (Å²) < 4.78 is 0. The summed E-state index contributed by atoms with van der Waals surface area (Å²) in [6, 6.07) is 0. The first kappa shape index (κ1) is 6.41. The molecule has 2 atom stereocenters. The smallest absolute Gasteiger partial charge is 0.0166 e. The second-order valence-electron chi connectivity index (χ2n) is 3.39. The average Bonchev–Trinajstić information content (AvgIpc) is 2.06. The predicted octanol–water partition coefficient (Wildman–Crippen LogP) is 1.66. The van der Waals surface area contributed by atoms with Gasteiger partial charge in [-0.3, -0.25) is 4.90 Å². The molecule has 1 heteroatoms. The van der Waals surface area contributed by atoms with Crippen LogP contribution in [0.3, 0.4) is 0 Å². The zero-order valence-corrected chi connectivity index (χ0v) is 6.64. The molecule has 3 rings (SSSR count). The fraction of sp³-hybridized carbons (Fsp3) is 0.778. The molecule has 1 saturated heterocycles. The van der Waals surface area contributed by atoms with Gasteiger partial charge in [-0.05, 0) is 18.8 Å². The van der Waals surface area contributed by atoms with Gasteiger partial charge in [0.15, 0.2) is 0 Å². The van der Waals surface area contributed by atoms with E-state index in [1.54, 1.807) is 5.57 Å². The number of nitrogens with zero attached hydrogens (tertiary/aromatic N) is 1. The summed E-state index contributed by atoms with van der Waals surface area (Å²) in [5, 5.41) is 0. The van der Waals surface area contributed by atoms with E-state index in [4.69, 9.17) is 0 Å². The Morgan fingerprint density at radius 3 is 2.90 bits per heavy atom. The molecular formula is C9H15N. The van der Waals surface area contributed by atoms with Crippen molar-refractivity contribution in [2.24, 2.45) is 5.92 Å². The topological polar surface area (TPSA) is 3.24 Å². The highest BCUT2D eigenvalue weighted by molar-refractivity contribution is 5.16. The van der Waals surface area contributed by atoms with Crippen LogP contribution >= 0.6 is 0 Å². The maximum absolute atomic E-state index is 2.56. The molecule has 3 aliphatic rings. The van der Waals surface area contributed by atoms with E-state index < -0.39 is 0 Å². The Morgan fingerprint density at radius 1 is 1.70 bits per heavy atom. The standard InChI is InChI=1S/C9H15N/c1-2-8-7-10-5-3-9(8)4-6-10/h3,8H,2,4-7H2,1H3. The van der Waals surface area contributed by atoms with Crippen molar-refractivity contribution < 1.29 is 0 Å². The van der Waals surface area contributed by atoms with E-state index >= 15 is 0 Å². The fourth-order valence-electron chi connectivity index (χ4n) is 2.08. The molecule has 2 unspecified atom stereocenters. The van der Waals surface area contributed by atoms with Crippen LogP contribution in [-0.4, -0.2) is 24.5 Å². The Balaban J connectivity index is 2.15. The molecule has 0 radical (unpaired) electrons. The third-order valence-electron chi connectivity index (χ3n) is 2.82. The van der Waals surface area contributed by atoms with E-state index in [1.807, 2.05) is 0 Å². The Kier molecular flexibility index (Phi) is 1.53. The molecule has 1 fully saturated rings. The summed E-state index contributed by atoms with van der Waals surface area (Å²) in [5.74, 6) is 0.905. The zero-order valence-electron chi connectivity index (χ0n) is 6.64. The van der Waals surface area contributed by atoms with Gasteiger partial charge in [0.05, 0.1) is 0 Å². The lowest BCUT2D eigenvalue weighted by Crippen LogP contribution is -2.40. The lowest BCUT2D eigenvalue weighted by molar-refractivity contribution is 0.209. The van der Waals surface area contributed by atoms with Crippen LogP contribution in [0.2, 0.25) is 0 Å². The monoisotopic (exact) mass is 137 g/mol. The minimum Gasteiger partial charge on any atom is -0.299 e. The Bertz CT molecular complexity index is 160. The molecule has 56 valence electrons. The van der Waals surface area contributed by atoms with Crippen LogP contribution in [0.5, 0.6) is 0 Å². The molecule has 0 aromatic carbocycles. The van der Waals surface area contributed by atoms with Crippen molar-refractivity contribution in [3.63, 3.8) is 0 Å². The fourth-order valence-corrected chi connectivity index (χ4v) is 2.08. The maximum atomic E-state index is 2.56. The molecule has 10 heavy (non-hydrogen) atoms. The SMILES string of the molecule is CCC1CN2CC=C1CC2. The van der Waals surface area contributed by atoms with Crippen LogP contribution < -0.4 is 0 Å².